The SMILES string of the molecule is CCN1C[C@]2(C)CC[C@H](O)[C@@]34[C@@H]2[C@@H](OC)[C@@](O)([C@@H]13)[C@]1(O)C[C@@H](OC)[C@@H]2C[C@@]4(O)[C@H]1[C@H]2OC(=O)c1ccccc1. The summed E-state index contributed by atoms with van der Waals surface area (Å²) in [6.07, 6.45) is -1.80. The van der Waals surface area contributed by atoms with E-state index in [1.165, 1.54) is 0 Å². The van der Waals surface area contributed by atoms with Crippen LogP contribution in [0.5, 0.6) is 0 Å². The lowest BCUT2D eigenvalue weighted by atomic mass is 9.41. The Bertz CT molecular complexity index is 1180. The van der Waals surface area contributed by atoms with Crippen LogP contribution in [0.1, 0.15) is 49.9 Å². The second-order valence-corrected chi connectivity index (χ2v) is 13.5. The molecule has 5 saturated carbocycles. The van der Waals surface area contributed by atoms with Crippen LogP contribution in [0, 0.1) is 28.6 Å². The van der Waals surface area contributed by atoms with Gasteiger partial charge < -0.3 is 34.6 Å². The second-order valence-electron chi connectivity index (χ2n) is 13.5. The van der Waals surface area contributed by atoms with Crippen LogP contribution in [-0.4, -0.2) is 106 Å². The smallest absolute Gasteiger partial charge is 0.338 e. The molecule has 5 aliphatic carbocycles. The highest BCUT2D eigenvalue weighted by Crippen LogP contribution is 2.81. The molecule has 7 rings (SSSR count). The summed E-state index contributed by atoms with van der Waals surface area (Å²) in [6.45, 7) is 5.44. The van der Waals surface area contributed by atoms with E-state index in [1.807, 2.05) is 13.0 Å². The van der Waals surface area contributed by atoms with Crippen molar-refractivity contribution in [1.29, 1.82) is 0 Å². The average molecular weight is 544 g/mol. The number of hydrogen-bond donors (Lipinski definition) is 4. The molecule has 0 amide bonds. The van der Waals surface area contributed by atoms with Gasteiger partial charge in [-0.3, -0.25) is 4.90 Å². The fourth-order valence-corrected chi connectivity index (χ4v) is 11.3. The van der Waals surface area contributed by atoms with E-state index in [-0.39, 0.29) is 18.3 Å². The van der Waals surface area contributed by atoms with E-state index >= 15 is 0 Å². The van der Waals surface area contributed by atoms with Crippen molar-refractivity contribution in [2.75, 3.05) is 27.3 Å². The predicted molar refractivity (Wildman–Crippen MR) is 139 cm³/mol. The van der Waals surface area contributed by atoms with Crippen LogP contribution in [0.4, 0.5) is 0 Å². The van der Waals surface area contributed by atoms with Gasteiger partial charge in [0.05, 0.1) is 46.9 Å². The zero-order valence-electron chi connectivity index (χ0n) is 23.1. The van der Waals surface area contributed by atoms with Gasteiger partial charge in [-0.15, -0.1) is 0 Å². The lowest BCUT2D eigenvalue weighted by molar-refractivity contribution is -0.353. The number of aliphatic hydroxyl groups is 4. The van der Waals surface area contributed by atoms with Gasteiger partial charge in [0.15, 0.2) is 0 Å². The van der Waals surface area contributed by atoms with Crippen LogP contribution in [0.3, 0.4) is 0 Å². The number of aliphatic hydroxyl groups excluding tert-OH is 1. The largest absolute Gasteiger partial charge is 0.458 e. The van der Waals surface area contributed by atoms with Crippen LogP contribution in [0.15, 0.2) is 30.3 Å². The lowest BCUT2D eigenvalue weighted by Crippen LogP contribution is -2.86. The number of rotatable bonds is 5. The molecular weight excluding hydrogens is 502 g/mol. The number of hydrogen-bond acceptors (Lipinski definition) is 9. The van der Waals surface area contributed by atoms with E-state index in [0.29, 0.717) is 25.1 Å². The van der Waals surface area contributed by atoms with Gasteiger partial charge in [-0.1, -0.05) is 32.0 Å². The molecule has 9 nitrogen and oxygen atoms in total. The summed E-state index contributed by atoms with van der Waals surface area (Å²) < 4.78 is 18.2. The molecule has 39 heavy (non-hydrogen) atoms. The van der Waals surface area contributed by atoms with Crippen molar-refractivity contribution < 1.29 is 39.4 Å². The zero-order valence-corrected chi connectivity index (χ0v) is 23.1. The van der Waals surface area contributed by atoms with Crippen LogP contribution >= 0.6 is 0 Å². The number of piperidine rings is 1. The number of ether oxygens (including phenoxy) is 3. The molecule has 6 fully saturated rings. The molecule has 1 aromatic carbocycles. The predicted octanol–water partition coefficient (Wildman–Crippen LogP) is 0.970. The topological polar surface area (TPSA) is 129 Å². The van der Waals surface area contributed by atoms with Gasteiger partial charge >= 0.3 is 5.97 Å². The summed E-state index contributed by atoms with van der Waals surface area (Å²) in [5.74, 6) is -2.38. The number of carbonyl (C=O) groups excluding carboxylic acids is 1. The molecule has 4 N–H and O–H groups in total. The van der Waals surface area contributed by atoms with E-state index in [1.54, 1.807) is 38.5 Å². The maximum atomic E-state index is 13.4. The van der Waals surface area contributed by atoms with Crippen molar-refractivity contribution in [2.24, 2.45) is 28.6 Å². The minimum absolute atomic E-state index is 0.0700. The summed E-state index contributed by atoms with van der Waals surface area (Å²) in [6, 6.07) is 7.92. The van der Waals surface area contributed by atoms with Crippen molar-refractivity contribution >= 4 is 5.97 Å². The lowest BCUT2D eigenvalue weighted by Gasteiger charge is -2.71. The molecule has 7 bridgehead atoms. The average Bonchev–Trinajstić information content (AvgIpc) is 3.29. The van der Waals surface area contributed by atoms with Gasteiger partial charge in [0.25, 0.3) is 0 Å². The van der Waals surface area contributed by atoms with Crippen molar-refractivity contribution in [3.63, 3.8) is 0 Å². The Hall–Kier alpha value is -1.59. The van der Waals surface area contributed by atoms with E-state index in [0.717, 1.165) is 6.42 Å². The van der Waals surface area contributed by atoms with Crippen LogP contribution < -0.4 is 0 Å². The van der Waals surface area contributed by atoms with Gasteiger partial charge in [0.2, 0.25) is 0 Å². The van der Waals surface area contributed by atoms with Crippen LogP contribution in [-0.2, 0) is 14.2 Å². The standard InChI is InChI=1S/C30H41NO8/c1-5-31-15-26(2)12-11-19(32)29-22(26)23(38-4)30(36,25(29)31)28(35)14-18(37-3)17-13-27(29,34)21(28)20(17)39-24(33)16-9-7-6-8-10-16/h6-10,17-23,25,32,34-36H,5,11-15H2,1-4H3/t17-,18+,19-,20-,21+,22+,23+,25-,26-,27+,28-,29+,30+/m0/s1. The molecule has 0 radical (unpaired) electrons. The van der Waals surface area contributed by atoms with Crippen molar-refractivity contribution in [1.82, 2.24) is 4.90 Å². The molecule has 214 valence electrons. The minimum atomic E-state index is -1.90. The highest BCUT2D eigenvalue weighted by molar-refractivity contribution is 5.89. The highest BCUT2D eigenvalue weighted by Gasteiger charge is 2.95. The Morgan fingerprint density at radius 3 is 2.41 bits per heavy atom. The summed E-state index contributed by atoms with van der Waals surface area (Å²) in [5, 5.41) is 51.2. The first kappa shape index (κ1) is 26.3. The molecular formula is C30H41NO8. The van der Waals surface area contributed by atoms with E-state index < -0.39 is 76.4 Å². The molecule has 0 unspecified atom stereocenters. The molecule has 0 aromatic heterocycles. The van der Waals surface area contributed by atoms with Crippen molar-refractivity contribution in [3.05, 3.63) is 35.9 Å². The molecule has 6 aliphatic rings. The quantitative estimate of drug-likeness (QED) is 0.402. The van der Waals surface area contributed by atoms with E-state index in [9.17, 15) is 25.2 Å². The number of esters is 1. The third-order valence-corrected chi connectivity index (χ3v) is 12.3. The molecule has 9 heteroatoms. The number of carbonyl (C=O) groups is 1. The van der Waals surface area contributed by atoms with E-state index in [2.05, 4.69) is 11.8 Å². The Morgan fingerprint density at radius 2 is 1.77 bits per heavy atom. The monoisotopic (exact) mass is 543 g/mol. The third kappa shape index (κ3) is 2.66. The normalized spacial score (nSPS) is 55.0. The maximum Gasteiger partial charge on any atom is 0.338 e. The Morgan fingerprint density at radius 1 is 1.05 bits per heavy atom. The van der Waals surface area contributed by atoms with Gasteiger partial charge in [-0.2, -0.15) is 0 Å². The first-order chi connectivity index (χ1) is 18.5. The molecule has 1 heterocycles. The zero-order chi connectivity index (χ0) is 27.8. The van der Waals surface area contributed by atoms with Gasteiger partial charge in [-0.05, 0) is 43.4 Å². The summed E-state index contributed by atoms with van der Waals surface area (Å²) in [5.41, 5.74) is -6.55. The second kappa shape index (κ2) is 8.03. The highest BCUT2D eigenvalue weighted by atomic mass is 16.6. The first-order valence-corrected chi connectivity index (χ1v) is 14.4. The van der Waals surface area contributed by atoms with Crippen LogP contribution in [0.2, 0.25) is 0 Å². The van der Waals surface area contributed by atoms with E-state index in [4.69, 9.17) is 14.2 Å². The fourth-order valence-electron chi connectivity index (χ4n) is 11.3. The van der Waals surface area contributed by atoms with Crippen molar-refractivity contribution in [2.45, 2.75) is 86.8 Å². The Labute approximate surface area is 229 Å². The van der Waals surface area contributed by atoms with Crippen LogP contribution in [0.25, 0.3) is 0 Å². The number of benzene rings is 1. The summed E-state index contributed by atoms with van der Waals surface area (Å²) in [7, 11) is 3.10. The minimum Gasteiger partial charge on any atom is -0.458 e. The third-order valence-electron chi connectivity index (χ3n) is 12.3. The number of likely N-dealkylation sites (N-methyl/N-ethyl adjacent to an activating group) is 1. The summed E-state index contributed by atoms with van der Waals surface area (Å²) in [4.78, 5) is 15.5. The summed E-state index contributed by atoms with van der Waals surface area (Å²) >= 11 is 0. The molecule has 1 aromatic rings. The number of fused-ring (bicyclic) bond motifs is 2. The molecule has 1 spiro atoms. The van der Waals surface area contributed by atoms with Gasteiger partial charge in [-0.25, -0.2) is 4.79 Å². The van der Waals surface area contributed by atoms with Crippen molar-refractivity contribution in [3.8, 4) is 0 Å². The van der Waals surface area contributed by atoms with Gasteiger partial charge in [0.1, 0.15) is 17.3 Å². The number of methoxy groups -OCH3 is 2. The fraction of sp³-hybridized carbons (Fsp3) is 0.767. The molecule has 1 aliphatic heterocycles. The first-order valence-electron chi connectivity index (χ1n) is 14.4. The number of nitrogens with zero attached hydrogens (tertiary/aromatic N) is 1. The number of likely N-dealkylation sites (tertiary alicyclic amines) is 1. The van der Waals surface area contributed by atoms with Gasteiger partial charge in [0, 0.05) is 39.0 Å². The Kier molecular flexibility index (Phi) is 5.42. The molecule has 1 saturated heterocycles. The Balaban J connectivity index is 1.47. The molecule has 13 atom stereocenters. The maximum absolute atomic E-state index is 13.4.